The van der Waals surface area contributed by atoms with Crippen molar-refractivity contribution >= 4 is 17.4 Å². The molecule has 0 saturated carbocycles. The van der Waals surface area contributed by atoms with Gasteiger partial charge in [-0.15, -0.1) is 0 Å². The van der Waals surface area contributed by atoms with Crippen LogP contribution in [0.15, 0.2) is 34.8 Å². The number of amidine groups is 1. The molecule has 5 N–H and O–H groups in total. The first-order chi connectivity index (χ1) is 16.7. The lowest BCUT2D eigenvalue weighted by Crippen LogP contribution is -2.56. The number of piperidine rings is 2. The molecule has 14 heteroatoms. The van der Waals surface area contributed by atoms with E-state index < -0.39 is 46.9 Å². The number of nitrogens with zero attached hydrogens (tertiary/aromatic N) is 3. The second-order valence-electron chi connectivity index (χ2n) is 8.72. The average molecular weight is 524 g/mol. The fourth-order valence-corrected chi connectivity index (χ4v) is 4.43. The molecule has 2 heterocycles. The van der Waals surface area contributed by atoms with Crippen molar-refractivity contribution in [2.75, 3.05) is 32.0 Å². The average Bonchev–Trinajstić information content (AvgIpc) is 2.82. The smallest absolute Gasteiger partial charge is 0.383 e. The van der Waals surface area contributed by atoms with Crippen LogP contribution >= 0.6 is 0 Å². The molecular formula is C22H27F7N6O. The maximum absolute atomic E-state index is 14.4. The number of halogens is 7. The molecule has 0 spiro atoms. The second-order valence-corrected chi connectivity index (χ2v) is 8.72. The molecule has 0 bridgehead atoms. The zero-order valence-electron chi connectivity index (χ0n) is 19.4. The number of nitrogens with two attached hydrogens (primary N) is 2. The fourth-order valence-electron chi connectivity index (χ4n) is 4.43. The minimum Gasteiger partial charge on any atom is -0.383 e. The van der Waals surface area contributed by atoms with Crippen molar-refractivity contribution in [3.8, 4) is 0 Å². The number of anilines is 1. The SMILES string of the molecule is CN=C(N)C(F)=C(N)N1CCC[C@@H](N2CCCC(Nc3cc(C(F)(F)F)cc(C(F)(F)F)c3)C2=O)C1. The maximum atomic E-state index is 14.4. The van der Waals surface area contributed by atoms with Gasteiger partial charge in [0.1, 0.15) is 11.9 Å². The minimum absolute atomic E-state index is 0.0316. The molecule has 0 aromatic heterocycles. The first-order valence-electron chi connectivity index (χ1n) is 11.2. The molecular weight excluding hydrogens is 497 g/mol. The summed E-state index contributed by atoms with van der Waals surface area (Å²) in [5.41, 5.74) is 7.99. The van der Waals surface area contributed by atoms with Gasteiger partial charge in [-0.25, -0.2) is 0 Å². The third-order valence-corrected chi connectivity index (χ3v) is 6.27. The van der Waals surface area contributed by atoms with Gasteiger partial charge in [-0.1, -0.05) is 0 Å². The first-order valence-corrected chi connectivity index (χ1v) is 11.2. The summed E-state index contributed by atoms with van der Waals surface area (Å²) < 4.78 is 93.5. The molecule has 0 radical (unpaired) electrons. The van der Waals surface area contributed by atoms with Gasteiger partial charge in [0.15, 0.2) is 5.84 Å². The van der Waals surface area contributed by atoms with E-state index in [1.807, 2.05) is 0 Å². The van der Waals surface area contributed by atoms with Gasteiger partial charge in [0.25, 0.3) is 0 Å². The Labute approximate surface area is 203 Å². The highest BCUT2D eigenvalue weighted by Crippen LogP contribution is 2.38. The molecule has 1 unspecified atom stereocenters. The van der Waals surface area contributed by atoms with Gasteiger partial charge in [-0.05, 0) is 43.9 Å². The van der Waals surface area contributed by atoms with Gasteiger partial charge in [-0.2, -0.15) is 30.7 Å². The van der Waals surface area contributed by atoms with Crippen LogP contribution in [0.1, 0.15) is 36.8 Å². The van der Waals surface area contributed by atoms with Crippen LogP contribution in [-0.2, 0) is 17.1 Å². The predicted molar refractivity (Wildman–Crippen MR) is 119 cm³/mol. The molecule has 36 heavy (non-hydrogen) atoms. The Morgan fingerprint density at radius 1 is 1.00 bits per heavy atom. The number of amides is 1. The summed E-state index contributed by atoms with van der Waals surface area (Å²) in [6.07, 6.45) is -8.15. The van der Waals surface area contributed by atoms with E-state index in [-0.39, 0.29) is 36.7 Å². The number of hydrogen-bond donors (Lipinski definition) is 3. The summed E-state index contributed by atoms with van der Waals surface area (Å²) in [6, 6.07) is -0.264. The summed E-state index contributed by atoms with van der Waals surface area (Å²) in [7, 11) is 1.31. The number of benzene rings is 1. The zero-order valence-corrected chi connectivity index (χ0v) is 19.4. The highest BCUT2D eigenvalue weighted by atomic mass is 19.4. The Morgan fingerprint density at radius 3 is 2.14 bits per heavy atom. The second kappa shape index (κ2) is 10.4. The van der Waals surface area contributed by atoms with Crippen molar-refractivity contribution in [3.63, 3.8) is 0 Å². The summed E-state index contributed by atoms with van der Waals surface area (Å²) >= 11 is 0. The molecule has 1 aromatic rings. The quantitative estimate of drug-likeness (QED) is 0.310. The number of hydrogen-bond acceptors (Lipinski definition) is 5. The van der Waals surface area contributed by atoms with E-state index in [0.717, 1.165) is 0 Å². The van der Waals surface area contributed by atoms with Crippen LogP contribution in [0.5, 0.6) is 0 Å². The molecule has 2 fully saturated rings. The summed E-state index contributed by atoms with van der Waals surface area (Å²) in [6.45, 7) is 0.952. The molecule has 2 aliphatic heterocycles. The van der Waals surface area contributed by atoms with Crippen LogP contribution in [-0.4, -0.2) is 60.3 Å². The van der Waals surface area contributed by atoms with Crippen molar-refractivity contribution < 1.29 is 35.5 Å². The van der Waals surface area contributed by atoms with Crippen LogP contribution < -0.4 is 16.8 Å². The van der Waals surface area contributed by atoms with Gasteiger partial charge in [0, 0.05) is 38.4 Å². The predicted octanol–water partition coefficient (Wildman–Crippen LogP) is 3.68. The standard InChI is InChI=1S/C22H27F7N6O/c1-32-18(30)17(23)19(31)34-6-2-4-15(11-34)35-7-3-5-16(20(35)36)33-14-9-12(21(24,25)26)8-13(10-14)22(27,28)29/h8-10,15-16,33H,2-7,11,31H2,1H3,(H2,30,32)/t15-,16?/m1/s1. The topological polar surface area (TPSA) is 100.0 Å². The van der Waals surface area contributed by atoms with E-state index in [0.29, 0.717) is 44.5 Å². The molecule has 3 rings (SSSR count). The van der Waals surface area contributed by atoms with Crippen molar-refractivity contribution in [2.24, 2.45) is 16.5 Å². The van der Waals surface area contributed by atoms with Gasteiger partial charge in [0.2, 0.25) is 11.7 Å². The molecule has 7 nitrogen and oxygen atoms in total. The van der Waals surface area contributed by atoms with Crippen molar-refractivity contribution in [1.29, 1.82) is 0 Å². The Kier molecular flexibility index (Phi) is 7.94. The molecule has 1 amide bonds. The Balaban J connectivity index is 1.80. The lowest BCUT2D eigenvalue weighted by molar-refractivity contribution is -0.143. The van der Waals surface area contributed by atoms with E-state index in [1.54, 1.807) is 0 Å². The molecule has 2 atom stereocenters. The minimum atomic E-state index is -5.00. The highest BCUT2D eigenvalue weighted by Gasteiger charge is 2.39. The molecule has 2 aliphatic rings. The number of rotatable bonds is 5. The van der Waals surface area contributed by atoms with Crippen molar-refractivity contribution in [3.05, 3.63) is 41.0 Å². The fraction of sp³-hybridized carbons (Fsp3) is 0.545. The monoisotopic (exact) mass is 524 g/mol. The lowest BCUT2D eigenvalue weighted by Gasteiger charge is -2.43. The normalized spacial score (nSPS) is 23.0. The van der Waals surface area contributed by atoms with Crippen LogP contribution in [0.25, 0.3) is 0 Å². The molecule has 0 aliphatic carbocycles. The van der Waals surface area contributed by atoms with Crippen LogP contribution in [0, 0.1) is 0 Å². The first kappa shape index (κ1) is 27.4. The van der Waals surface area contributed by atoms with Crippen LogP contribution in [0.2, 0.25) is 0 Å². The number of aliphatic imine (C=N–C) groups is 1. The van der Waals surface area contributed by atoms with Gasteiger partial charge >= 0.3 is 12.4 Å². The molecule has 200 valence electrons. The van der Waals surface area contributed by atoms with Gasteiger partial charge in [0.05, 0.1) is 11.1 Å². The van der Waals surface area contributed by atoms with Crippen molar-refractivity contribution in [1.82, 2.24) is 9.80 Å². The van der Waals surface area contributed by atoms with E-state index >= 15 is 0 Å². The molecule has 2 saturated heterocycles. The number of alkyl halides is 6. The van der Waals surface area contributed by atoms with E-state index in [4.69, 9.17) is 11.5 Å². The van der Waals surface area contributed by atoms with Gasteiger partial charge < -0.3 is 26.6 Å². The maximum Gasteiger partial charge on any atom is 0.416 e. The van der Waals surface area contributed by atoms with E-state index in [2.05, 4.69) is 10.3 Å². The van der Waals surface area contributed by atoms with Crippen LogP contribution in [0.4, 0.5) is 36.4 Å². The lowest BCUT2D eigenvalue weighted by atomic mass is 9.97. The third kappa shape index (κ3) is 6.13. The Bertz CT molecular complexity index is 1000. The largest absolute Gasteiger partial charge is 0.416 e. The number of carbonyl (C=O) groups excluding carboxylic acids is 1. The summed E-state index contributed by atoms with van der Waals surface area (Å²) in [5.74, 6) is -1.93. The van der Waals surface area contributed by atoms with Crippen LogP contribution in [0.3, 0.4) is 0 Å². The Hall–Kier alpha value is -3.19. The van der Waals surface area contributed by atoms with E-state index in [1.165, 1.54) is 16.8 Å². The third-order valence-electron chi connectivity index (χ3n) is 6.27. The van der Waals surface area contributed by atoms with Gasteiger partial charge in [-0.3, -0.25) is 9.79 Å². The molecule has 1 aromatic carbocycles. The number of likely N-dealkylation sites (tertiary alicyclic amines) is 2. The van der Waals surface area contributed by atoms with E-state index in [9.17, 15) is 35.5 Å². The number of carbonyl (C=O) groups is 1. The highest BCUT2D eigenvalue weighted by molar-refractivity contribution is 5.95. The van der Waals surface area contributed by atoms with Crippen molar-refractivity contribution in [2.45, 2.75) is 50.1 Å². The number of nitrogens with one attached hydrogen (secondary N) is 1. The summed E-state index contributed by atoms with van der Waals surface area (Å²) in [4.78, 5) is 19.8. The Morgan fingerprint density at radius 2 is 1.58 bits per heavy atom. The summed E-state index contributed by atoms with van der Waals surface area (Å²) in [5, 5.41) is 2.57. The zero-order chi connectivity index (χ0) is 26.8.